The van der Waals surface area contributed by atoms with E-state index < -0.39 is 21.5 Å². The van der Waals surface area contributed by atoms with Crippen LogP contribution in [-0.4, -0.2) is 38.3 Å². The fraction of sp³-hybridized carbons (Fsp3) is 0.312. The molecule has 0 radical (unpaired) electrons. The molecule has 0 spiro atoms. The van der Waals surface area contributed by atoms with Gasteiger partial charge in [0.15, 0.2) is 9.84 Å². The number of carbonyl (C=O) groups is 1. The minimum absolute atomic E-state index is 0.0589. The zero-order valence-electron chi connectivity index (χ0n) is 12.4. The molecule has 0 aliphatic heterocycles. The molecular formula is C16H19NO4S. The van der Waals surface area contributed by atoms with Gasteiger partial charge in [-0.05, 0) is 28.8 Å². The number of fused-ring (bicyclic) bond motifs is 1. The monoisotopic (exact) mass is 321 g/mol. The first-order chi connectivity index (χ1) is 10.4. The summed E-state index contributed by atoms with van der Waals surface area (Å²) < 4.78 is 24.3. The van der Waals surface area contributed by atoms with E-state index in [1.165, 1.54) is 0 Å². The van der Waals surface area contributed by atoms with Crippen LogP contribution in [0.25, 0.3) is 10.8 Å². The molecule has 5 nitrogen and oxygen atoms in total. The van der Waals surface area contributed by atoms with Crippen molar-refractivity contribution in [1.82, 2.24) is 5.32 Å². The molecule has 0 heterocycles. The Hall–Kier alpha value is -1.92. The predicted molar refractivity (Wildman–Crippen MR) is 86.3 cm³/mol. The van der Waals surface area contributed by atoms with Crippen molar-refractivity contribution in [2.45, 2.75) is 12.7 Å². The molecule has 0 saturated carbocycles. The molecule has 0 saturated heterocycles. The van der Waals surface area contributed by atoms with Gasteiger partial charge in [-0.25, -0.2) is 8.42 Å². The number of aliphatic hydroxyl groups excluding tert-OH is 1. The lowest BCUT2D eigenvalue weighted by molar-refractivity contribution is -0.118. The minimum atomic E-state index is -3.55. The molecule has 0 bridgehead atoms. The van der Waals surface area contributed by atoms with E-state index >= 15 is 0 Å². The van der Waals surface area contributed by atoms with Gasteiger partial charge in [0.25, 0.3) is 0 Å². The van der Waals surface area contributed by atoms with Crippen LogP contribution in [0, 0.1) is 6.92 Å². The maximum atomic E-state index is 12.1. The Morgan fingerprint density at radius 3 is 2.64 bits per heavy atom. The first kappa shape index (κ1) is 16.5. The lowest BCUT2D eigenvalue weighted by atomic mass is 10.0. The molecule has 6 heteroatoms. The minimum Gasteiger partial charge on any atom is -0.395 e. The Kier molecular flexibility index (Phi) is 5.15. The highest BCUT2D eigenvalue weighted by molar-refractivity contribution is 7.91. The molecule has 2 N–H and O–H groups in total. The van der Waals surface area contributed by atoms with Crippen molar-refractivity contribution in [1.29, 1.82) is 0 Å². The van der Waals surface area contributed by atoms with Gasteiger partial charge >= 0.3 is 0 Å². The summed E-state index contributed by atoms with van der Waals surface area (Å²) in [6, 6.07) is 11.5. The van der Waals surface area contributed by atoms with E-state index in [4.69, 9.17) is 5.11 Å². The molecule has 2 rings (SSSR count). The fourth-order valence-electron chi connectivity index (χ4n) is 2.36. The molecule has 118 valence electrons. The van der Waals surface area contributed by atoms with Crippen LogP contribution < -0.4 is 5.32 Å². The maximum absolute atomic E-state index is 12.1. The van der Waals surface area contributed by atoms with Crippen molar-refractivity contribution in [3.8, 4) is 0 Å². The number of aliphatic hydroxyl groups is 1. The Bertz CT molecular complexity index is 784. The number of sulfone groups is 1. The van der Waals surface area contributed by atoms with Gasteiger partial charge in [-0.3, -0.25) is 4.79 Å². The van der Waals surface area contributed by atoms with Crippen LogP contribution in [0.1, 0.15) is 11.1 Å². The first-order valence-electron chi connectivity index (χ1n) is 6.98. The third-order valence-corrected chi connectivity index (χ3v) is 4.92. The summed E-state index contributed by atoms with van der Waals surface area (Å²) in [5.74, 6) is -1.33. The third-order valence-electron chi connectivity index (χ3n) is 3.47. The van der Waals surface area contributed by atoms with Crippen LogP contribution in [0.5, 0.6) is 0 Å². The normalized spacial score (nSPS) is 11.5. The highest BCUT2D eigenvalue weighted by Gasteiger charge is 2.18. The number of rotatable bonds is 6. The number of benzene rings is 2. The second kappa shape index (κ2) is 6.89. The summed E-state index contributed by atoms with van der Waals surface area (Å²) in [6.45, 7) is 1.73. The number of hydrogen-bond donors (Lipinski definition) is 2. The molecule has 0 aliphatic carbocycles. The third kappa shape index (κ3) is 4.05. The van der Waals surface area contributed by atoms with Gasteiger partial charge in [0, 0.05) is 6.54 Å². The lowest BCUT2D eigenvalue weighted by Gasteiger charge is -2.10. The van der Waals surface area contributed by atoms with Gasteiger partial charge in [-0.15, -0.1) is 0 Å². The van der Waals surface area contributed by atoms with Crippen LogP contribution in [0.2, 0.25) is 0 Å². The van der Waals surface area contributed by atoms with E-state index in [0.717, 1.165) is 16.3 Å². The Morgan fingerprint density at radius 1 is 1.18 bits per heavy atom. The summed E-state index contributed by atoms with van der Waals surface area (Å²) in [5, 5.41) is 13.0. The predicted octanol–water partition coefficient (Wildman–Crippen LogP) is 1.17. The van der Waals surface area contributed by atoms with Crippen molar-refractivity contribution in [2.75, 3.05) is 18.9 Å². The largest absolute Gasteiger partial charge is 0.395 e. The standard InChI is InChI=1S/C16H19NO4S/c1-12-14(7-6-13-4-2-3-5-15(12)13)10-22(20,21)11-16(19)17-8-9-18/h2-7,18H,8-11H2,1H3,(H,17,19). The zero-order valence-corrected chi connectivity index (χ0v) is 13.2. The van der Waals surface area contributed by atoms with E-state index in [1.807, 2.05) is 37.3 Å². The SMILES string of the molecule is Cc1c(CS(=O)(=O)CC(=O)NCCO)ccc2ccccc12. The van der Waals surface area contributed by atoms with Crippen LogP contribution >= 0.6 is 0 Å². The number of carbonyl (C=O) groups excluding carboxylic acids is 1. The first-order valence-corrected chi connectivity index (χ1v) is 8.80. The second-order valence-electron chi connectivity index (χ2n) is 5.18. The van der Waals surface area contributed by atoms with Crippen LogP contribution in [0.4, 0.5) is 0 Å². The van der Waals surface area contributed by atoms with Crippen molar-refractivity contribution in [3.05, 3.63) is 47.5 Å². The topological polar surface area (TPSA) is 83.5 Å². The Morgan fingerprint density at radius 2 is 1.91 bits per heavy atom. The van der Waals surface area contributed by atoms with Crippen molar-refractivity contribution >= 4 is 26.5 Å². The highest BCUT2D eigenvalue weighted by atomic mass is 32.2. The summed E-state index contributed by atoms with van der Waals surface area (Å²) in [4.78, 5) is 11.5. The fourth-order valence-corrected chi connectivity index (χ4v) is 3.75. The number of aryl methyl sites for hydroxylation is 1. The molecule has 0 fully saturated rings. The molecule has 0 aromatic heterocycles. The molecule has 0 atom stereocenters. The smallest absolute Gasteiger partial charge is 0.235 e. The van der Waals surface area contributed by atoms with E-state index in [2.05, 4.69) is 5.32 Å². The van der Waals surface area contributed by atoms with Gasteiger partial charge < -0.3 is 10.4 Å². The quantitative estimate of drug-likeness (QED) is 0.836. The van der Waals surface area contributed by atoms with E-state index in [9.17, 15) is 13.2 Å². The van der Waals surface area contributed by atoms with E-state index in [1.54, 1.807) is 6.07 Å². The van der Waals surface area contributed by atoms with Crippen molar-refractivity contribution < 1.29 is 18.3 Å². The summed E-state index contributed by atoms with van der Waals surface area (Å²) in [7, 11) is -3.55. The molecule has 0 aliphatic rings. The van der Waals surface area contributed by atoms with Crippen LogP contribution in [0.15, 0.2) is 36.4 Å². The summed E-state index contributed by atoms with van der Waals surface area (Å²) in [6.07, 6.45) is 0. The Balaban J connectivity index is 2.19. The summed E-state index contributed by atoms with van der Waals surface area (Å²) in [5.41, 5.74) is 1.62. The van der Waals surface area contributed by atoms with Gasteiger partial charge in [0.2, 0.25) is 5.91 Å². The zero-order chi connectivity index (χ0) is 16.2. The number of nitrogens with one attached hydrogen (secondary N) is 1. The van der Waals surface area contributed by atoms with Gasteiger partial charge in [0.1, 0.15) is 5.75 Å². The average Bonchev–Trinajstić information content (AvgIpc) is 2.47. The molecule has 2 aromatic rings. The van der Waals surface area contributed by atoms with Gasteiger partial charge in [-0.2, -0.15) is 0 Å². The second-order valence-corrected chi connectivity index (χ2v) is 7.24. The maximum Gasteiger partial charge on any atom is 0.235 e. The van der Waals surface area contributed by atoms with Gasteiger partial charge in [0.05, 0.1) is 12.4 Å². The van der Waals surface area contributed by atoms with E-state index in [0.29, 0.717) is 5.56 Å². The van der Waals surface area contributed by atoms with Crippen LogP contribution in [-0.2, 0) is 20.4 Å². The van der Waals surface area contributed by atoms with E-state index in [-0.39, 0.29) is 18.9 Å². The van der Waals surface area contributed by atoms with Crippen LogP contribution in [0.3, 0.4) is 0 Å². The number of amides is 1. The van der Waals surface area contributed by atoms with Crippen molar-refractivity contribution in [2.24, 2.45) is 0 Å². The molecule has 0 unspecified atom stereocenters. The Labute approximate surface area is 129 Å². The number of hydrogen-bond acceptors (Lipinski definition) is 4. The van der Waals surface area contributed by atoms with Gasteiger partial charge in [-0.1, -0.05) is 36.4 Å². The average molecular weight is 321 g/mol. The molecular weight excluding hydrogens is 302 g/mol. The molecule has 2 aromatic carbocycles. The summed E-state index contributed by atoms with van der Waals surface area (Å²) >= 11 is 0. The van der Waals surface area contributed by atoms with Crippen molar-refractivity contribution in [3.63, 3.8) is 0 Å². The molecule has 22 heavy (non-hydrogen) atoms. The molecule has 1 amide bonds. The lowest BCUT2D eigenvalue weighted by Crippen LogP contribution is -2.32. The highest BCUT2D eigenvalue weighted by Crippen LogP contribution is 2.23.